The molecule has 1 aromatic heterocycles. The number of nitrogens with zero attached hydrogens (tertiary/aromatic N) is 2. The zero-order valence-electron chi connectivity index (χ0n) is 14.1. The minimum Gasteiger partial charge on any atom is -0.396 e. The van der Waals surface area contributed by atoms with Crippen LogP contribution >= 0.6 is 0 Å². The normalized spacial score (nSPS) is 13.5. The Morgan fingerprint density at radius 1 is 1.38 bits per heavy atom. The molecular weight excluding hydrogens is 266 g/mol. The lowest BCUT2D eigenvalue weighted by molar-refractivity contribution is 0.0929. The van der Waals surface area contributed by atoms with Crippen LogP contribution in [0.15, 0.2) is 6.07 Å². The summed E-state index contributed by atoms with van der Waals surface area (Å²) in [4.78, 5) is 12.3. The molecule has 0 bridgehead atoms. The van der Waals surface area contributed by atoms with Gasteiger partial charge in [-0.1, -0.05) is 13.8 Å². The van der Waals surface area contributed by atoms with Gasteiger partial charge in [0.2, 0.25) is 0 Å². The SMILES string of the molecule is CC(CCCO)NC(=O)c1cc(C(C)C)n(C(C)(C)C)n1. The van der Waals surface area contributed by atoms with Crippen molar-refractivity contribution in [1.29, 1.82) is 0 Å². The number of aromatic nitrogens is 2. The van der Waals surface area contributed by atoms with E-state index in [2.05, 4.69) is 45.0 Å². The van der Waals surface area contributed by atoms with Gasteiger partial charge in [-0.3, -0.25) is 9.48 Å². The molecule has 5 heteroatoms. The Morgan fingerprint density at radius 3 is 2.43 bits per heavy atom. The summed E-state index contributed by atoms with van der Waals surface area (Å²) in [6.07, 6.45) is 1.45. The lowest BCUT2D eigenvalue weighted by Crippen LogP contribution is -2.33. The second-order valence-corrected chi connectivity index (χ2v) is 6.93. The number of amides is 1. The zero-order chi connectivity index (χ0) is 16.2. The Labute approximate surface area is 127 Å². The Bertz CT molecular complexity index is 472. The molecule has 1 atom stereocenters. The molecular formula is C16H29N3O2. The second-order valence-electron chi connectivity index (χ2n) is 6.93. The molecule has 0 radical (unpaired) electrons. The first-order valence-electron chi connectivity index (χ1n) is 7.69. The number of hydrogen-bond acceptors (Lipinski definition) is 3. The molecule has 0 aliphatic carbocycles. The standard InChI is InChI=1S/C16H29N3O2/c1-11(2)14-10-13(18-19(14)16(4,5)6)15(21)17-12(3)8-7-9-20/h10-12,20H,7-9H2,1-6H3,(H,17,21). The van der Waals surface area contributed by atoms with Gasteiger partial charge in [-0.05, 0) is 52.5 Å². The summed E-state index contributed by atoms with van der Waals surface area (Å²) in [5, 5.41) is 16.3. The van der Waals surface area contributed by atoms with E-state index < -0.39 is 0 Å². The highest BCUT2D eigenvalue weighted by Gasteiger charge is 2.23. The summed E-state index contributed by atoms with van der Waals surface area (Å²) < 4.78 is 1.94. The minimum absolute atomic E-state index is 0.0342. The van der Waals surface area contributed by atoms with Crippen molar-refractivity contribution < 1.29 is 9.90 Å². The summed E-state index contributed by atoms with van der Waals surface area (Å²) in [5.41, 5.74) is 1.38. The molecule has 0 spiro atoms. The summed E-state index contributed by atoms with van der Waals surface area (Å²) >= 11 is 0. The first kappa shape index (κ1) is 17.7. The maximum Gasteiger partial charge on any atom is 0.271 e. The van der Waals surface area contributed by atoms with E-state index >= 15 is 0 Å². The molecule has 0 saturated heterocycles. The number of carbonyl (C=O) groups is 1. The van der Waals surface area contributed by atoms with E-state index in [0.717, 1.165) is 12.1 Å². The van der Waals surface area contributed by atoms with Crippen molar-refractivity contribution in [1.82, 2.24) is 15.1 Å². The van der Waals surface area contributed by atoms with E-state index in [-0.39, 0.29) is 24.1 Å². The van der Waals surface area contributed by atoms with Gasteiger partial charge >= 0.3 is 0 Å². The van der Waals surface area contributed by atoms with E-state index in [0.29, 0.717) is 18.0 Å². The van der Waals surface area contributed by atoms with E-state index in [1.165, 1.54) is 0 Å². The van der Waals surface area contributed by atoms with Crippen LogP contribution in [0.1, 0.15) is 76.5 Å². The molecule has 21 heavy (non-hydrogen) atoms. The molecule has 0 saturated carbocycles. The Hall–Kier alpha value is -1.36. The van der Waals surface area contributed by atoms with E-state index in [4.69, 9.17) is 5.11 Å². The summed E-state index contributed by atoms with van der Waals surface area (Å²) in [6.45, 7) is 12.5. The molecule has 1 unspecified atom stereocenters. The van der Waals surface area contributed by atoms with Crippen LogP contribution in [0.3, 0.4) is 0 Å². The first-order valence-corrected chi connectivity index (χ1v) is 7.69. The minimum atomic E-state index is -0.152. The highest BCUT2D eigenvalue weighted by atomic mass is 16.3. The van der Waals surface area contributed by atoms with Gasteiger partial charge in [0.05, 0.1) is 5.54 Å². The van der Waals surface area contributed by atoms with Crippen LogP contribution < -0.4 is 5.32 Å². The van der Waals surface area contributed by atoms with Crippen LogP contribution in [-0.2, 0) is 5.54 Å². The number of nitrogens with one attached hydrogen (secondary N) is 1. The molecule has 0 aliphatic rings. The van der Waals surface area contributed by atoms with Crippen LogP contribution in [0.5, 0.6) is 0 Å². The van der Waals surface area contributed by atoms with Crippen molar-refractivity contribution in [3.05, 3.63) is 17.5 Å². The molecule has 2 N–H and O–H groups in total. The van der Waals surface area contributed by atoms with Crippen molar-refractivity contribution in [2.75, 3.05) is 6.61 Å². The van der Waals surface area contributed by atoms with Crippen molar-refractivity contribution in [2.24, 2.45) is 0 Å². The lowest BCUT2D eigenvalue weighted by atomic mass is 10.1. The molecule has 0 fully saturated rings. The van der Waals surface area contributed by atoms with Gasteiger partial charge in [-0.25, -0.2) is 0 Å². The van der Waals surface area contributed by atoms with Gasteiger partial charge in [-0.15, -0.1) is 0 Å². The van der Waals surface area contributed by atoms with Crippen LogP contribution in [-0.4, -0.2) is 33.4 Å². The maximum absolute atomic E-state index is 12.3. The van der Waals surface area contributed by atoms with Gasteiger partial charge in [0.1, 0.15) is 5.69 Å². The van der Waals surface area contributed by atoms with Gasteiger partial charge in [0.15, 0.2) is 0 Å². The largest absolute Gasteiger partial charge is 0.396 e. The Morgan fingerprint density at radius 2 is 2.00 bits per heavy atom. The number of aliphatic hydroxyl groups excluding tert-OH is 1. The first-order chi connectivity index (χ1) is 9.66. The lowest BCUT2D eigenvalue weighted by Gasteiger charge is -2.23. The third-order valence-electron chi connectivity index (χ3n) is 3.37. The molecule has 120 valence electrons. The molecule has 1 amide bonds. The predicted octanol–water partition coefficient (Wildman–Crippen LogP) is 2.65. The zero-order valence-corrected chi connectivity index (χ0v) is 14.1. The van der Waals surface area contributed by atoms with Crippen LogP contribution in [0.2, 0.25) is 0 Å². The van der Waals surface area contributed by atoms with Gasteiger partial charge in [-0.2, -0.15) is 5.10 Å². The number of rotatable bonds is 6. The molecule has 5 nitrogen and oxygen atoms in total. The smallest absolute Gasteiger partial charge is 0.271 e. The molecule has 1 rings (SSSR count). The Kier molecular flexibility index (Phi) is 5.96. The quantitative estimate of drug-likeness (QED) is 0.848. The fraction of sp³-hybridized carbons (Fsp3) is 0.750. The molecule has 0 aromatic carbocycles. The highest BCUT2D eigenvalue weighted by molar-refractivity contribution is 5.92. The fourth-order valence-corrected chi connectivity index (χ4v) is 2.22. The highest BCUT2D eigenvalue weighted by Crippen LogP contribution is 2.23. The van der Waals surface area contributed by atoms with Crippen molar-refractivity contribution in [3.63, 3.8) is 0 Å². The molecule has 1 aromatic rings. The van der Waals surface area contributed by atoms with Crippen molar-refractivity contribution in [3.8, 4) is 0 Å². The number of aliphatic hydroxyl groups is 1. The van der Waals surface area contributed by atoms with Crippen molar-refractivity contribution in [2.45, 2.75) is 71.9 Å². The maximum atomic E-state index is 12.3. The van der Waals surface area contributed by atoms with Crippen LogP contribution in [0, 0.1) is 0 Å². The van der Waals surface area contributed by atoms with Crippen LogP contribution in [0.4, 0.5) is 0 Å². The molecule has 0 aliphatic heterocycles. The van der Waals surface area contributed by atoms with E-state index in [9.17, 15) is 4.79 Å². The average Bonchev–Trinajstić information content (AvgIpc) is 2.81. The van der Waals surface area contributed by atoms with Crippen LogP contribution in [0.25, 0.3) is 0 Å². The van der Waals surface area contributed by atoms with E-state index in [1.807, 2.05) is 17.7 Å². The van der Waals surface area contributed by atoms with Gasteiger partial charge < -0.3 is 10.4 Å². The predicted molar refractivity (Wildman–Crippen MR) is 84.6 cm³/mol. The summed E-state index contributed by atoms with van der Waals surface area (Å²) in [6, 6.07) is 1.91. The van der Waals surface area contributed by atoms with Gasteiger partial charge in [0.25, 0.3) is 5.91 Å². The third kappa shape index (κ3) is 4.84. The number of hydrogen-bond donors (Lipinski definition) is 2. The van der Waals surface area contributed by atoms with Crippen molar-refractivity contribution >= 4 is 5.91 Å². The summed E-state index contributed by atoms with van der Waals surface area (Å²) in [5.74, 6) is 0.162. The third-order valence-corrected chi connectivity index (χ3v) is 3.37. The number of carbonyl (C=O) groups excluding carboxylic acids is 1. The van der Waals surface area contributed by atoms with E-state index in [1.54, 1.807) is 0 Å². The monoisotopic (exact) mass is 295 g/mol. The van der Waals surface area contributed by atoms with Gasteiger partial charge in [0, 0.05) is 18.3 Å². The Balaban J connectivity index is 2.91. The average molecular weight is 295 g/mol. The summed E-state index contributed by atoms with van der Waals surface area (Å²) in [7, 11) is 0. The fourth-order valence-electron chi connectivity index (χ4n) is 2.22. The topological polar surface area (TPSA) is 67.2 Å². The molecule has 1 heterocycles. The second kappa shape index (κ2) is 7.07.